The normalized spacial score (nSPS) is 8.40. The predicted molar refractivity (Wildman–Crippen MR) is 37.9 cm³/mol. The highest BCUT2D eigenvalue weighted by Gasteiger charge is 2.02. The Morgan fingerprint density at radius 1 is 1.60 bits per heavy atom. The van der Waals surface area contributed by atoms with Crippen molar-refractivity contribution in [3.63, 3.8) is 0 Å². The van der Waals surface area contributed by atoms with Crippen molar-refractivity contribution in [3.8, 4) is 0 Å². The Balaban J connectivity index is 3.60. The van der Waals surface area contributed by atoms with Gasteiger partial charge >= 0.3 is 12.0 Å². The zero-order valence-electron chi connectivity index (χ0n) is 5.51. The fraction of sp³-hybridized carbons (Fsp3) is 0. The van der Waals surface area contributed by atoms with Crippen LogP contribution in [0.1, 0.15) is 0 Å². The van der Waals surface area contributed by atoms with Crippen LogP contribution in [-0.4, -0.2) is 22.2 Å². The van der Waals surface area contributed by atoms with Crippen LogP contribution in [0, 0.1) is 0 Å². The summed E-state index contributed by atoms with van der Waals surface area (Å²) in [6, 6.07) is -0.906. The maximum absolute atomic E-state index is 10.5. The van der Waals surface area contributed by atoms with Crippen molar-refractivity contribution >= 4 is 22.2 Å². The Morgan fingerprint density at radius 2 is 2.10 bits per heavy atom. The molecular weight excluding hydrogens is 152 g/mol. The first-order valence-corrected chi connectivity index (χ1v) is 3.46. The summed E-state index contributed by atoms with van der Waals surface area (Å²) in [5.74, 6) is -0.648. The predicted octanol–water partition coefficient (Wildman–Crippen LogP) is -2.01. The average Bonchev–Trinajstić information content (AvgIpc) is 1.82. The summed E-state index contributed by atoms with van der Waals surface area (Å²) in [5.41, 5.74) is 6.27. The van der Waals surface area contributed by atoms with Crippen LogP contribution in [0.3, 0.4) is 0 Å². The van der Waals surface area contributed by atoms with Crippen LogP contribution in [0.5, 0.6) is 0 Å². The fourth-order valence-corrected chi connectivity index (χ4v) is 0.286. The molecule has 0 spiro atoms. The van der Waals surface area contributed by atoms with Gasteiger partial charge in [-0.3, -0.25) is 0 Å². The molecule has 0 heterocycles. The third kappa shape index (κ3) is 3.67. The maximum atomic E-state index is 10.5. The van der Waals surface area contributed by atoms with Crippen molar-refractivity contribution in [1.29, 1.82) is 0 Å². The van der Waals surface area contributed by atoms with Crippen LogP contribution in [0.2, 0.25) is 0 Å². The van der Waals surface area contributed by atoms with Gasteiger partial charge in [-0.1, -0.05) is 6.58 Å². The third-order valence-corrected chi connectivity index (χ3v) is 1.00. The molecular formula is C4H8N2O3Si. The third-order valence-electron chi connectivity index (χ3n) is 0.593. The van der Waals surface area contributed by atoms with E-state index in [0.717, 1.165) is 0 Å². The minimum Gasteiger partial charge on any atom is -0.349 e. The fourth-order valence-electron chi connectivity index (χ4n) is 0.184. The van der Waals surface area contributed by atoms with Gasteiger partial charge in [0.1, 0.15) is 0 Å². The summed E-state index contributed by atoms with van der Waals surface area (Å²) in [6.07, 6.45) is 0. The number of nitrogens with two attached hydrogens (primary N) is 1. The Labute approximate surface area is 60.6 Å². The van der Waals surface area contributed by atoms with Crippen LogP contribution in [0.15, 0.2) is 11.8 Å². The summed E-state index contributed by atoms with van der Waals surface area (Å²) in [7, 11) is 0.502. The Kier molecular flexibility index (Phi) is 3.19. The first-order valence-electron chi connectivity index (χ1n) is 2.46. The van der Waals surface area contributed by atoms with Crippen molar-refractivity contribution in [3.05, 3.63) is 11.8 Å². The molecule has 56 valence electrons. The van der Waals surface area contributed by atoms with Crippen molar-refractivity contribution in [2.24, 2.45) is 5.73 Å². The monoisotopic (exact) mass is 160 g/mol. The molecule has 5 nitrogen and oxygen atoms in total. The lowest BCUT2D eigenvalue weighted by Crippen LogP contribution is -2.32. The van der Waals surface area contributed by atoms with Gasteiger partial charge in [0.05, 0.1) is 0 Å². The molecule has 10 heavy (non-hydrogen) atoms. The number of hydrogen-bond acceptors (Lipinski definition) is 3. The molecule has 0 aromatic heterocycles. The second-order valence-electron chi connectivity index (χ2n) is 1.64. The van der Waals surface area contributed by atoms with Gasteiger partial charge in [0.2, 0.25) is 0 Å². The molecule has 6 heteroatoms. The number of amides is 2. The van der Waals surface area contributed by atoms with Gasteiger partial charge in [-0.2, -0.15) is 5.48 Å². The molecule has 0 aromatic carbocycles. The van der Waals surface area contributed by atoms with Crippen LogP contribution in [0.4, 0.5) is 4.79 Å². The SMILES string of the molecule is C=C([SiH3])C(=O)ONC(N)=O. The van der Waals surface area contributed by atoms with Crippen LogP contribution in [0.25, 0.3) is 0 Å². The van der Waals surface area contributed by atoms with Gasteiger partial charge in [-0.25, -0.2) is 9.59 Å². The highest BCUT2D eigenvalue weighted by atomic mass is 28.1. The Morgan fingerprint density at radius 3 is 2.40 bits per heavy atom. The molecule has 0 bridgehead atoms. The summed E-state index contributed by atoms with van der Waals surface area (Å²) in [5, 5.41) is 0.328. The first kappa shape index (κ1) is 8.70. The zero-order chi connectivity index (χ0) is 8.15. The number of hydrogen-bond donors (Lipinski definition) is 2. The van der Waals surface area contributed by atoms with Gasteiger partial charge in [0.15, 0.2) is 0 Å². The summed E-state index contributed by atoms with van der Waals surface area (Å²) < 4.78 is 0. The lowest BCUT2D eigenvalue weighted by molar-refractivity contribution is -0.142. The second-order valence-corrected chi connectivity index (χ2v) is 2.84. The molecule has 0 aliphatic carbocycles. The molecule has 0 fully saturated rings. The van der Waals surface area contributed by atoms with E-state index in [-0.39, 0.29) is 0 Å². The highest BCUT2D eigenvalue weighted by Crippen LogP contribution is 1.83. The van der Waals surface area contributed by atoms with Crippen LogP contribution in [-0.2, 0) is 9.63 Å². The van der Waals surface area contributed by atoms with Gasteiger partial charge < -0.3 is 10.6 Å². The topological polar surface area (TPSA) is 81.4 Å². The van der Waals surface area contributed by atoms with E-state index in [1.807, 2.05) is 0 Å². The summed E-state index contributed by atoms with van der Waals surface area (Å²) >= 11 is 0. The lowest BCUT2D eigenvalue weighted by Gasteiger charge is -2.00. The van der Waals surface area contributed by atoms with E-state index in [2.05, 4.69) is 17.2 Å². The Bertz CT molecular complexity index is 179. The zero-order valence-corrected chi connectivity index (χ0v) is 7.51. The summed E-state index contributed by atoms with van der Waals surface area (Å²) in [4.78, 5) is 24.6. The smallest absolute Gasteiger partial charge is 0.349 e. The quantitative estimate of drug-likeness (QED) is 0.264. The summed E-state index contributed by atoms with van der Waals surface area (Å²) in [6.45, 7) is 3.33. The minimum absolute atomic E-state index is 0.328. The van der Waals surface area contributed by atoms with E-state index < -0.39 is 12.0 Å². The van der Waals surface area contributed by atoms with Crippen molar-refractivity contribution in [2.45, 2.75) is 0 Å². The molecule has 0 saturated carbocycles. The molecule has 0 rings (SSSR count). The molecule has 0 aromatic rings. The van der Waals surface area contributed by atoms with E-state index in [0.29, 0.717) is 15.4 Å². The van der Waals surface area contributed by atoms with Crippen molar-refractivity contribution < 1.29 is 14.4 Å². The van der Waals surface area contributed by atoms with Crippen LogP contribution < -0.4 is 11.2 Å². The number of nitrogens with one attached hydrogen (secondary N) is 1. The standard InChI is InChI=1S/C4H8N2O3Si/c1-2(10)3(7)9-6-4(5)8/h1H2,10H3,(H3,5,6,8). The molecule has 2 amide bonds. The number of primary amides is 1. The number of urea groups is 1. The van der Waals surface area contributed by atoms with Gasteiger partial charge in [0, 0.05) is 15.4 Å². The number of carbonyl (C=O) groups excluding carboxylic acids is 2. The maximum Gasteiger partial charge on any atom is 0.353 e. The molecule has 0 aliphatic heterocycles. The van der Waals surface area contributed by atoms with E-state index in [4.69, 9.17) is 0 Å². The number of carbonyl (C=O) groups is 2. The molecule has 0 radical (unpaired) electrons. The van der Waals surface area contributed by atoms with E-state index in [9.17, 15) is 9.59 Å². The molecule has 3 N–H and O–H groups in total. The molecule has 0 unspecified atom stereocenters. The van der Waals surface area contributed by atoms with Gasteiger partial charge in [-0.15, -0.1) is 0 Å². The molecule has 0 atom stereocenters. The van der Waals surface area contributed by atoms with E-state index in [1.54, 1.807) is 5.48 Å². The van der Waals surface area contributed by atoms with E-state index >= 15 is 0 Å². The van der Waals surface area contributed by atoms with Crippen LogP contribution >= 0.6 is 0 Å². The number of rotatable bonds is 1. The average molecular weight is 160 g/mol. The highest BCUT2D eigenvalue weighted by molar-refractivity contribution is 6.34. The van der Waals surface area contributed by atoms with Gasteiger partial charge in [0.25, 0.3) is 0 Å². The van der Waals surface area contributed by atoms with Crippen molar-refractivity contribution in [1.82, 2.24) is 5.48 Å². The Hall–Kier alpha value is -1.30. The second kappa shape index (κ2) is 3.67. The van der Waals surface area contributed by atoms with E-state index in [1.165, 1.54) is 0 Å². The molecule has 0 saturated heterocycles. The minimum atomic E-state index is -0.906. The molecule has 0 aliphatic rings. The van der Waals surface area contributed by atoms with Gasteiger partial charge in [-0.05, 0) is 0 Å². The largest absolute Gasteiger partial charge is 0.353 e. The number of hydroxylamine groups is 1. The van der Waals surface area contributed by atoms with Crippen molar-refractivity contribution in [2.75, 3.05) is 0 Å². The lowest BCUT2D eigenvalue weighted by atomic mass is 10.6. The first-order chi connectivity index (χ1) is 4.54.